The van der Waals surface area contributed by atoms with Gasteiger partial charge in [-0.25, -0.2) is 0 Å². The van der Waals surface area contributed by atoms with E-state index < -0.39 is 0 Å². The fourth-order valence-corrected chi connectivity index (χ4v) is 3.78. The number of hydrogen-bond acceptors (Lipinski definition) is 4. The van der Waals surface area contributed by atoms with Gasteiger partial charge in [-0.05, 0) is 73.1 Å². The molecular formula is C23H48N2O2. The zero-order valence-corrected chi connectivity index (χ0v) is 19.8. The van der Waals surface area contributed by atoms with Crippen molar-refractivity contribution in [2.75, 3.05) is 39.9 Å². The lowest BCUT2D eigenvalue weighted by molar-refractivity contribution is -0.0219. The Hall–Kier alpha value is -0.160. The Morgan fingerprint density at radius 2 is 1.11 bits per heavy atom. The van der Waals surface area contributed by atoms with E-state index >= 15 is 0 Å². The first kappa shape index (κ1) is 24.9. The van der Waals surface area contributed by atoms with E-state index in [1.54, 1.807) is 0 Å². The highest BCUT2D eigenvalue weighted by Gasteiger charge is 2.27. The van der Waals surface area contributed by atoms with Crippen LogP contribution in [0.25, 0.3) is 0 Å². The van der Waals surface area contributed by atoms with Gasteiger partial charge in [0.05, 0.1) is 12.2 Å². The summed E-state index contributed by atoms with van der Waals surface area (Å²) >= 11 is 0. The molecule has 0 aromatic heterocycles. The highest BCUT2D eigenvalue weighted by molar-refractivity contribution is 4.82. The average molecular weight is 385 g/mol. The second-order valence-corrected chi connectivity index (χ2v) is 10.7. The summed E-state index contributed by atoms with van der Waals surface area (Å²) in [5, 5.41) is 0. The summed E-state index contributed by atoms with van der Waals surface area (Å²) in [6.45, 7) is 23.8. The van der Waals surface area contributed by atoms with Gasteiger partial charge < -0.3 is 9.47 Å². The topological polar surface area (TPSA) is 24.9 Å². The van der Waals surface area contributed by atoms with Gasteiger partial charge in [0.2, 0.25) is 0 Å². The molecule has 2 aliphatic rings. The van der Waals surface area contributed by atoms with Gasteiger partial charge in [-0.2, -0.15) is 0 Å². The highest BCUT2D eigenvalue weighted by Crippen LogP contribution is 2.22. The molecule has 0 atom stereocenters. The second-order valence-electron chi connectivity index (χ2n) is 10.7. The summed E-state index contributed by atoms with van der Waals surface area (Å²) < 4.78 is 11.2. The first-order chi connectivity index (χ1) is 12.4. The molecule has 0 aromatic carbocycles. The molecule has 0 radical (unpaired) electrons. The lowest BCUT2D eigenvalue weighted by atomic mass is 9.99. The van der Waals surface area contributed by atoms with E-state index in [1.165, 1.54) is 51.9 Å². The van der Waals surface area contributed by atoms with Crippen LogP contribution in [-0.2, 0) is 9.47 Å². The molecule has 0 saturated carbocycles. The summed E-state index contributed by atoms with van der Waals surface area (Å²) in [4.78, 5) is 5.09. The largest absolute Gasteiger partial charge is 0.381 e. The summed E-state index contributed by atoms with van der Waals surface area (Å²) in [6.07, 6.45) is 5.78. The average Bonchev–Trinajstić information content (AvgIpc) is 2.59. The molecule has 2 aliphatic heterocycles. The lowest BCUT2D eigenvalue weighted by Gasteiger charge is -2.40. The first-order valence-electron chi connectivity index (χ1n) is 11.1. The number of rotatable bonds is 4. The molecule has 2 fully saturated rings. The third kappa shape index (κ3) is 9.74. The van der Waals surface area contributed by atoms with Crippen molar-refractivity contribution >= 4 is 0 Å². The molecule has 0 bridgehead atoms. The van der Waals surface area contributed by atoms with Gasteiger partial charge in [0.25, 0.3) is 0 Å². The molecule has 2 rings (SSSR count). The van der Waals surface area contributed by atoms with Crippen LogP contribution >= 0.6 is 0 Å². The van der Waals surface area contributed by atoms with E-state index in [4.69, 9.17) is 9.47 Å². The SMILES string of the molecule is CC(C)COC1CCN(C(C)(C)C)CC1.COC1CCN(C(C)(C)C)CC1. The van der Waals surface area contributed by atoms with Crippen molar-refractivity contribution in [3.8, 4) is 0 Å². The number of ether oxygens (including phenoxy) is 2. The van der Waals surface area contributed by atoms with E-state index in [2.05, 4.69) is 65.2 Å². The van der Waals surface area contributed by atoms with Gasteiger partial charge in [-0.15, -0.1) is 0 Å². The van der Waals surface area contributed by atoms with Crippen molar-refractivity contribution in [2.45, 2.75) is 104 Å². The monoisotopic (exact) mass is 384 g/mol. The maximum atomic E-state index is 5.88. The van der Waals surface area contributed by atoms with Gasteiger partial charge in [0, 0.05) is 51.0 Å². The number of likely N-dealkylation sites (tertiary alicyclic amines) is 2. The van der Waals surface area contributed by atoms with Crippen molar-refractivity contribution in [2.24, 2.45) is 5.92 Å². The Kier molecular flexibility index (Phi) is 10.3. The minimum atomic E-state index is 0.322. The van der Waals surface area contributed by atoms with E-state index in [0.29, 0.717) is 29.2 Å². The molecule has 4 heteroatoms. The van der Waals surface area contributed by atoms with Gasteiger partial charge in [-0.1, -0.05) is 13.8 Å². The predicted molar refractivity (Wildman–Crippen MR) is 116 cm³/mol. The van der Waals surface area contributed by atoms with E-state index in [9.17, 15) is 0 Å². The Labute approximate surface area is 170 Å². The molecule has 0 aromatic rings. The number of hydrogen-bond donors (Lipinski definition) is 0. The van der Waals surface area contributed by atoms with Crippen molar-refractivity contribution in [3.05, 3.63) is 0 Å². The van der Waals surface area contributed by atoms with Crippen LogP contribution in [0.1, 0.15) is 81.1 Å². The third-order valence-electron chi connectivity index (χ3n) is 5.78. The maximum Gasteiger partial charge on any atom is 0.0599 e. The van der Waals surface area contributed by atoms with E-state index in [1.807, 2.05) is 7.11 Å². The highest BCUT2D eigenvalue weighted by atomic mass is 16.5. The predicted octanol–water partition coefficient (Wildman–Crippen LogP) is 4.82. The third-order valence-corrected chi connectivity index (χ3v) is 5.78. The van der Waals surface area contributed by atoms with Crippen LogP contribution < -0.4 is 0 Å². The van der Waals surface area contributed by atoms with Crippen LogP contribution in [0.3, 0.4) is 0 Å². The van der Waals surface area contributed by atoms with Crippen LogP contribution in [0.2, 0.25) is 0 Å². The summed E-state index contributed by atoms with van der Waals surface area (Å²) in [6, 6.07) is 0. The normalized spacial score (nSPS) is 22.0. The molecular weight excluding hydrogens is 336 g/mol. The van der Waals surface area contributed by atoms with Crippen LogP contribution in [0.4, 0.5) is 0 Å². The zero-order valence-electron chi connectivity index (χ0n) is 19.8. The molecule has 27 heavy (non-hydrogen) atoms. The minimum Gasteiger partial charge on any atom is -0.381 e. The fraction of sp³-hybridized carbons (Fsp3) is 1.00. The lowest BCUT2D eigenvalue weighted by Crippen LogP contribution is -2.47. The molecule has 0 aliphatic carbocycles. The molecule has 162 valence electrons. The van der Waals surface area contributed by atoms with Crippen LogP contribution in [0, 0.1) is 5.92 Å². The van der Waals surface area contributed by atoms with Crippen molar-refractivity contribution < 1.29 is 9.47 Å². The fourth-order valence-electron chi connectivity index (χ4n) is 3.78. The second kappa shape index (κ2) is 11.1. The van der Waals surface area contributed by atoms with Crippen LogP contribution in [0.15, 0.2) is 0 Å². The summed E-state index contributed by atoms with van der Waals surface area (Å²) in [5.74, 6) is 0.658. The molecule has 0 unspecified atom stereocenters. The molecule has 2 saturated heterocycles. The van der Waals surface area contributed by atoms with Crippen molar-refractivity contribution in [3.63, 3.8) is 0 Å². The van der Waals surface area contributed by atoms with Crippen molar-refractivity contribution in [1.29, 1.82) is 0 Å². The Bertz CT molecular complexity index is 382. The number of piperidine rings is 2. The maximum absolute atomic E-state index is 5.88. The molecule has 0 spiro atoms. The zero-order chi connectivity index (χ0) is 20.7. The van der Waals surface area contributed by atoms with Crippen LogP contribution in [0.5, 0.6) is 0 Å². The molecule has 2 heterocycles. The summed E-state index contributed by atoms with van der Waals surface area (Å²) in [5.41, 5.74) is 0.654. The van der Waals surface area contributed by atoms with Gasteiger partial charge in [-0.3, -0.25) is 9.80 Å². The molecule has 4 nitrogen and oxygen atoms in total. The first-order valence-corrected chi connectivity index (χ1v) is 11.1. The van der Waals surface area contributed by atoms with E-state index in [-0.39, 0.29) is 0 Å². The van der Waals surface area contributed by atoms with Gasteiger partial charge >= 0.3 is 0 Å². The Balaban J connectivity index is 0.000000277. The van der Waals surface area contributed by atoms with Gasteiger partial charge in [0.1, 0.15) is 0 Å². The number of nitrogens with zero attached hydrogens (tertiary/aromatic N) is 2. The standard InChI is InChI=1S/C13H27NO.C10H21NO/c1-11(2)10-15-12-6-8-14(9-7-12)13(3,4)5;1-10(2,3)11-7-5-9(12-4)6-8-11/h11-12H,6-10H2,1-5H3;9H,5-8H2,1-4H3. The quantitative estimate of drug-likeness (QED) is 0.694. The Morgan fingerprint density at radius 3 is 1.41 bits per heavy atom. The number of methoxy groups -OCH3 is 1. The molecule has 0 amide bonds. The van der Waals surface area contributed by atoms with Crippen molar-refractivity contribution in [1.82, 2.24) is 9.80 Å². The molecule has 0 N–H and O–H groups in total. The summed E-state index contributed by atoms with van der Waals surface area (Å²) in [7, 11) is 1.82. The van der Waals surface area contributed by atoms with Crippen LogP contribution in [-0.4, -0.2) is 73.0 Å². The van der Waals surface area contributed by atoms with Gasteiger partial charge in [0.15, 0.2) is 0 Å². The minimum absolute atomic E-state index is 0.322. The van der Waals surface area contributed by atoms with E-state index in [0.717, 1.165) is 6.61 Å². The smallest absolute Gasteiger partial charge is 0.0599 e. The Morgan fingerprint density at radius 1 is 0.741 bits per heavy atom.